The van der Waals surface area contributed by atoms with E-state index in [1.807, 2.05) is 0 Å². The van der Waals surface area contributed by atoms with Crippen molar-refractivity contribution in [2.75, 3.05) is 0 Å². The molecule has 0 bridgehead atoms. The topological polar surface area (TPSA) is 120 Å². The molecule has 0 heterocycles. The van der Waals surface area contributed by atoms with Gasteiger partial charge in [-0.3, -0.25) is 0 Å². The Morgan fingerprint density at radius 3 is 0.636 bits per heavy atom. The van der Waals surface area contributed by atoms with Crippen molar-refractivity contribution in [3.05, 3.63) is 36.5 Å². The Hall–Kier alpha value is -0.993. The second-order valence-corrected chi connectivity index (χ2v) is 15.0. The molecule has 0 N–H and O–H groups in total. The standard InChI is InChI=1S/3C16H30O2.Ce/c3*1-2-3-4-5-6-7-8-9-10-11-12-13-14-15-16(17)18;/h3*7-8H,2-6,9-15H2,1H3,(H,17,18);/q;;;+3/p-3/b3*8-7-;. The molecule has 0 rings (SSSR count). The van der Waals surface area contributed by atoms with Gasteiger partial charge in [-0.15, -0.1) is 0 Å². The van der Waals surface area contributed by atoms with Gasteiger partial charge in [0.25, 0.3) is 0 Å². The van der Waals surface area contributed by atoms with Crippen LogP contribution in [0.5, 0.6) is 0 Å². The monoisotopic (exact) mass is 900 g/mol. The van der Waals surface area contributed by atoms with Crippen molar-refractivity contribution in [3.63, 3.8) is 0 Å². The minimum atomic E-state index is -0.916. The maximum atomic E-state index is 10.2. The molecule has 0 fully saturated rings. The maximum Gasteiger partial charge on any atom is 3.00 e. The van der Waals surface area contributed by atoms with Gasteiger partial charge >= 0.3 is 41.7 Å². The van der Waals surface area contributed by atoms with Crippen molar-refractivity contribution in [2.45, 2.75) is 252 Å². The molecular formula is C48H87CeO6. The zero-order chi connectivity index (χ0) is 40.4. The van der Waals surface area contributed by atoms with E-state index in [1.54, 1.807) is 0 Å². The van der Waals surface area contributed by atoms with E-state index in [2.05, 4.69) is 57.2 Å². The van der Waals surface area contributed by atoms with Crippen molar-refractivity contribution in [3.8, 4) is 0 Å². The number of hydrogen-bond donors (Lipinski definition) is 0. The number of carboxylic acids is 3. The summed E-state index contributed by atoms with van der Waals surface area (Å²) in [6.45, 7) is 6.72. The Labute approximate surface area is 375 Å². The van der Waals surface area contributed by atoms with Crippen LogP contribution in [0.4, 0.5) is 0 Å². The molecule has 0 saturated carbocycles. The first-order valence-electron chi connectivity index (χ1n) is 22.9. The Balaban J connectivity index is -0.000000351. The number of unbranched alkanes of at least 4 members (excludes halogenated alkanes) is 27. The summed E-state index contributed by atoms with van der Waals surface area (Å²) in [5.41, 5.74) is 0. The second kappa shape index (κ2) is 57.3. The Kier molecular flexibility index (Phi) is 63.3. The third kappa shape index (κ3) is 71.2. The van der Waals surface area contributed by atoms with Crippen LogP contribution in [0.15, 0.2) is 36.5 Å². The number of carboxylic acid groups (broad SMARTS) is 3. The van der Waals surface area contributed by atoms with E-state index in [1.165, 1.54) is 154 Å². The maximum absolute atomic E-state index is 10.2. The van der Waals surface area contributed by atoms with Crippen LogP contribution < -0.4 is 15.3 Å². The van der Waals surface area contributed by atoms with Gasteiger partial charge in [0.1, 0.15) is 0 Å². The summed E-state index contributed by atoms with van der Waals surface area (Å²) in [4.78, 5) is 30.5. The number of aliphatic carboxylic acids is 3. The number of carbonyl (C=O) groups excluding carboxylic acids is 3. The van der Waals surface area contributed by atoms with Gasteiger partial charge in [0, 0.05) is 17.9 Å². The third-order valence-electron chi connectivity index (χ3n) is 9.43. The number of hydrogen-bond acceptors (Lipinski definition) is 6. The zero-order valence-corrected chi connectivity index (χ0v) is 39.5. The van der Waals surface area contributed by atoms with Gasteiger partial charge in [-0.05, 0) is 116 Å². The molecule has 1 radical (unpaired) electrons. The smallest absolute Gasteiger partial charge is 0.550 e. The van der Waals surface area contributed by atoms with Gasteiger partial charge in [0.15, 0.2) is 0 Å². The van der Waals surface area contributed by atoms with E-state index in [0.29, 0.717) is 0 Å². The van der Waals surface area contributed by atoms with Crippen LogP contribution in [-0.4, -0.2) is 17.9 Å². The van der Waals surface area contributed by atoms with Crippen LogP contribution in [0.2, 0.25) is 0 Å². The Morgan fingerprint density at radius 2 is 0.455 bits per heavy atom. The number of carbonyl (C=O) groups is 3. The van der Waals surface area contributed by atoms with Crippen molar-refractivity contribution < 1.29 is 71.5 Å². The second-order valence-electron chi connectivity index (χ2n) is 15.0. The molecule has 0 aromatic rings. The number of rotatable bonds is 39. The van der Waals surface area contributed by atoms with Crippen LogP contribution >= 0.6 is 0 Å². The van der Waals surface area contributed by atoms with Gasteiger partial charge < -0.3 is 29.7 Å². The molecule has 0 unspecified atom stereocenters. The fourth-order valence-electron chi connectivity index (χ4n) is 5.96. The van der Waals surface area contributed by atoms with E-state index in [0.717, 1.165) is 57.8 Å². The molecule has 0 atom stereocenters. The summed E-state index contributed by atoms with van der Waals surface area (Å²) in [6.07, 6.45) is 53.9. The quantitative estimate of drug-likeness (QED) is 0.0447. The van der Waals surface area contributed by atoms with Gasteiger partial charge in [-0.25, -0.2) is 0 Å². The summed E-state index contributed by atoms with van der Waals surface area (Å²) < 4.78 is 0. The first-order valence-corrected chi connectivity index (χ1v) is 22.9. The Morgan fingerprint density at radius 1 is 0.291 bits per heavy atom. The normalized spacial score (nSPS) is 11.0. The van der Waals surface area contributed by atoms with Gasteiger partial charge in [0.05, 0.1) is 0 Å². The summed E-state index contributed by atoms with van der Waals surface area (Å²) >= 11 is 0. The summed E-state index contributed by atoms with van der Waals surface area (Å²) in [7, 11) is 0. The molecule has 0 spiro atoms. The van der Waals surface area contributed by atoms with E-state index in [4.69, 9.17) is 0 Å². The molecule has 55 heavy (non-hydrogen) atoms. The zero-order valence-electron chi connectivity index (χ0n) is 36.4. The molecule has 6 nitrogen and oxygen atoms in total. The molecule has 0 aromatic heterocycles. The Bertz CT molecular complexity index is 744. The third-order valence-corrected chi connectivity index (χ3v) is 9.43. The average molecular weight is 900 g/mol. The summed E-state index contributed by atoms with van der Waals surface area (Å²) in [6, 6.07) is 0. The van der Waals surface area contributed by atoms with E-state index < -0.39 is 17.9 Å². The van der Waals surface area contributed by atoms with Crippen molar-refractivity contribution in [1.82, 2.24) is 0 Å². The first kappa shape index (κ1) is 60.7. The van der Waals surface area contributed by atoms with Crippen LogP contribution in [0.1, 0.15) is 252 Å². The molecule has 0 aliphatic carbocycles. The van der Waals surface area contributed by atoms with Gasteiger partial charge in [-0.2, -0.15) is 0 Å². The van der Waals surface area contributed by atoms with Gasteiger partial charge in [-0.1, -0.05) is 173 Å². The minimum absolute atomic E-state index is 0. The van der Waals surface area contributed by atoms with Gasteiger partial charge in [0.2, 0.25) is 0 Å². The molecule has 319 valence electrons. The van der Waals surface area contributed by atoms with E-state index in [9.17, 15) is 29.7 Å². The van der Waals surface area contributed by atoms with Crippen LogP contribution in [-0.2, 0) is 14.4 Å². The molecule has 0 saturated heterocycles. The fourth-order valence-corrected chi connectivity index (χ4v) is 5.96. The molecule has 7 heteroatoms. The summed E-state index contributed by atoms with van der Waals surface area (Å²) in [5, 5.41) is 30.5. The SMILES string of the molecule is CCCCCC/C=C\CCCCCCCC(=O)[O-].CCCCCC/C=C\CCCCCCCC(=O)[O-].CCCCCC/C=C\CCCCCCCC(=O)[O-].[Ce+3]. The molecule has 0 aliphatic rings. The first-order chi connectivity index (χ1) is 26.3. The van der Waals surface area contributed by atoms with E-state index >= 15 is 0 Å². The largest absolute Gasteiger partial charge is 3.00 e. The molecular weight excluding hydrogens is 813 g/mol. The fraction of sp³-hybridized carbons (Fsp3) is 0.812. The average Bonchev–Trinajstić information content (AvgIpc) is 3.14. The minimum Gasteiger partial charge on any atom is -0.550 e. The van der Waals surface area contributed by atoms with Crippen molar-refractivity contribution in [2.24, 2.45) is 0 Å². The van der Waals surface area contributed by atoms with E-state index in [-0.39, 0.29) is 61.0 Å². The van der Waals surface area contributed by atoms with Crippen LogP contribution in [0, 0.1) is 41.7 Å². The van der Waals surface area contributed by atoms with Crippen LogP contribution in [0.25, 0.3) is 0 Å². The summed E-state index contributed by atoms with van der Waals surface area (Å²) in [5.74, 6) is -2.75. The van der Waals surface area contributed by atoms with Crippen molar-refractivity contribution >= 4 is 17.9 Å². The van der Waals surface area contributed by atoms with Crippen LogP contribution in [0.3, 0.4) is 0 Å². The predicted octanol–water partition coefficient (Wildman–Crippen LogP) is 12.0. The molecule has 0 amide bonds. The van der Waals surface area contributed by atoms with Crippen molar-refractivity contribution in [1.29, 1.82) is 0 Å². The predicted molar refractivity (Wildman–Crippen MR) is 226 cm³/mol. The molecule has 0 aliphatic heterocycles. The number of allylic oxidation sites excluding steroid dienone is 6. The molecule has 0 aromatic carbocycles.